The number of hydrogen-bond donors (Lipinski definition) is 3. The van der Waals surface area contributed by atoms with E-state index in [0.29, 0.717) is 70.3 Å². The maximum absolute atomic E-state index is 14.3. The molecule has 50 heavy (non-hydrogen) atoms. The van der Waals surface area contributed by atoms with Crippen molar-refractivity contribution in [1.82, 2.24) is 4.90 Å². The van der Waals surface area contributed by atoms with Gasteiger partial charge in [-0.05, 0) is 112 Å². The van der Waals surface area contributed by atoms with Crippen LogP contribution < -0.4 is 0 Å². The molecule has 0 unspecified atom stereocenters. The Morgan fingerprint density at radius 3 is 2.56 bits per heavy atom. The van der Waals surface area contributed by atoms with Crippen molar-refractivity contribution in [3.63, 3.8) is 0 Å². The predicted molar refractivity (Wildman–Crippen MR) is 192 cm³/mol. The molecule has 1 fully saturated rings. The van der Waals surface area contributed by atoms with E-state index in [4.69, 9.17) is 4.74 Å². The molecule has 3 aromatic carbocycles. The Balaban J connectivity index is 1.46. The molecule has 6 rings (SSSR count). The first kappa shape index (κ1) is 38.0. The Kier molecular flexibility index (Phi) is 12.8. The summed E-state index contributed by atoms with van der Waals surface area (Å²) < 4.78 is 34.1. The maximum atomic E-state index is 14.3. The number of hydrogen-bond acceptors (Lipinski definition) is 6. The molecule has 0 aromatic heterocycles. The van der Waals surface area contributed by atoms with Gasteiger partial charge in [-0.15, -0.1) is 0 Å². The lowest BCUT2D eigenvalue weighted by atomic mass is 9.64. The van der Waals surface area contributed by atoms with Crippen molar-refractivity contribution >= 4 is 5.78 Å². The van der Waals surface area contributed by atoms with E-state index in [1.807, 2.05) is 42.5 Å². The summed E-state index contributed by atoms with van der Waals surface area (Å²) in [5.74, 6) is -2.73. The highest BCUT2D eigenvalue weighted by Gasteiger charge is 2.57. The highest BCUT2D eigenvalue weighted by Crippen LogP contribution is 2.59. The van der Waals surface area contributed by atoms with Crippen LogP contribution in [-0.4, -0.2) is 70.1 Å². The van der Waals surface area contributed by atoms with Crippen molar-refractivity contribution in [2.24, 2.45) is 5.41 Å². The van der Waals surface area contributed by atoms with Crippen LogP contribution in [0, 0.1) is 17.0 Å². The summed E-state index contributed by atoms with van der Waals surface area (Å²) in [5, 5.41) is 34.7. The Bertz CT molecular complexity index is 1630. The average molecular weight is 690 g/mol. The van der Waals surface area contributed by atoms with Crippen LogP contribution in [-0.2, 0) is 17.8 Å². The van der Waals surface area contributed by atoms with Gasteiger partial charge in [0.05, 0.1) is 31.0 Å². The molecule has 6 nitrogen and oxygen atoms in total. The minimum absolute atomic E-state index is 0.0510. The summed E-state index contributed by atoms with van der Waals surface area (Å²) in [6.07, 6.45) is 5.87. The summed E-state index contributed by atoms with van der Waals surface area (Å²) in [6, 6.07) is 18.7. The minimum Gasteiger partial charge on any atom is -0.393 e. The predicted octanol–water partition coefficient (Wildman–Crippen LogP) is 7.52. The molecule has 3 aliphatic rings. The summed E-state index contributed by atoms with van der Waals surface area (Å²) >= 11 is 0. The van der Waals surface area contributed by atoms with Crippen LogP contribution in [0.1, 0.15) is 104 Å². The zero-order chi connectivity index (χ0) is 35.9. The van der Waals surface area contributed by atoms with Crippen LogP contribution >= 0.6 is 0 Å². The fourth-order valence-electron chi connectivity index (χ4n) is 8.15. The minimum atomic E-state index is -1.15. The Morgan fingerprint density at radius 2 is 1.82 bits per heavy atom. The van der Waals surface area contributed by atoms with Crippen molar-refractivity contribution in [3.8, 4) is 0 Å². The number of fused-ring (bicyclic) bond motifs is 8. The van der Waals surface area contributed by atoms with Crippen LogP contribution in [0.5, 0.6) is 0 Å². The largest absolute Gasteiger partial charge is 0.393 e. The van der Waals surface area contributed by atoms with E-state index < -0.39 is 40.6 Å². The first-order chi connectivity index (χ1) is 23.9. The molecule has 0 saturated heterocycles. The van der Waals surface area contributed by atoms with E-state index in [0.717, 1.165) is 41.7 Å². The number of carbonyl (C=O) groups excluding carboxylic acids is 1. The normalized spacial score (nSPS) is 24.9. The van der Waals surface area contributed by atoms with Gasteiger partial charge in [0.15, 0.2) is 17.4 Å². The smallest absolute Gasteiger partial charge is 0.193 e. The molecule has 1 saturated carbocycles. The number of ether oxygens (including phenoxy) is 1. The van der Waals surface area contributed by atoms with E-state index in [1.54, 1.807) is 6.07 Å². The number of halogens is 2. The molecule has 0 aliphatic heterocycles. The average Bonchev–Trinajstić information content (AvgIpc) is 3.33. The number of aliphatic hydroxyl groups excluding tert-OH is 2. The monoisotopic (exact) mass is 689 g/mol. The van der Waals surface area contributed by atoms with Crippen LogP contribution in [0.4, 0.5) is 8.78 Å². The van der Waals surface area contributed by atoms with Gasteiger partial charge in [0.2, 0.25) is 0 Å². The van der Waals surface area contributed by atoms with E-state index in [2.05, 4.69) is 31.7 Å². The van der Waals surface area contributed by atoms with Crippen LogP contribution in [0.15, 0.2) is 78.4 Å². The summed E-state index contributed by atoms with van der Waals surface area (Å²) in [4.78, 5) is 16.3. The Labute approximate surface area is 295 Å². The van der Waals surface area contributed by atoms with Gasteiger partial charge in [-0.25, -0.2) is 8.78 Å². The van der Waals surface area contributed by atoms with Gasteiger partial charge in [-0.2, -0.15) is 0 Å². The number of allylic oxidation sites excluding steroid dienone is 2. The number of rotatable bonds is 12. The highest BCUT2D eigenvalue weighted by atomic mass is 19.2. The number of benzene rings is 3. The number of ketones is 1. The highest BCUT2D eigenvalue weighted by molar-refractivity contribution is 6.10. The number of aliphatic hydroxyl groups is 3. The summed E-state index contributed by atoms with van der Waals surface area (Å²) in [5.41, 5.74) is 2.42. The lowest BCUT2D eigenvalue weighted by Gasteiger charge is -2.46. The van der Waals surface area contributed by atoms with Gasteiger partial charge in [-0.1, -0.05) is 68.0 Å². The molecule has 3 aromatic rings. The molecule has 3 N–H and O–H groups in total. The topological polar surface area (TPSA) is 90.2 Å². The van der Waals surface area contributed by atoms with Crippen LogP contribution in [0.25, 0.3) is 0 Å². The molecule has 2 bridgehead atoms. The lowest BCUT2D eigenvalue weighted by molar-refractivity contribution is -0.0906. The van der Waals surface area contributed by atoms with Gasteiger partial charge in [0.25, 0.3) is 0 Å². The van der Waals surface area contributed by atoms with E-state index in [1.165, 1.54) is 11.6 Å². The first-order valence-corrected chi connectivity index (χ1v) is 18.1. The first-order valence-electron chi connectivity index (χ1n) is 18.1. The van der Waals surface area contributed by atoms with Gasteiger partial charge >= 0.3 is 0 Å². The van der Waals surface area contributed by atoms with Gasteiger partial charge in [0, 0.05) is 29.6 Å². The quantitative estimate of drug-likeness (QED) is 0.135. The summed E-state index contributed by atoms with van der Waals surface area (Å²) in [6.45, 7) is 8.25. The SMILES string of the molecule is CCCN(C[C@@H](O)COCc1ccccc1)C[C@]1(O)CC[C@H]2c3ccc(cc3C(=O)c3ccc(F)c(F)c3)C[C@@H](O)CCC(C)=CCC[C@@]21C. The zero-order valence-electron chi connectivity index (χ0n) is 29.7. The molecule has 3 aliphatic carbocycles. The van der Waals surface area contributed by atoms with Crippen molar-refractivity contribution in [1.29, 1.82) is 0 Å². The molecule has 5 atom stereocenters. The third-order valence-electron chi connectivity index (χ3n) is 11.0. The van der Waals surface area contributed by atoms with E-state index in [-0.39, 0.29) is 18.1 Å². The van der Waals surface area contributed by atoms with E-state index in [9.17, 15) is 28.9 Å². The fourth-order valence-corrected chi connectivity index (χ4v) is 8.15. The molecular formula is C42H53F2NO5. The Hall–Kier alpha value is -3.27. The lowest BCUT2D eigenvalue weighted by Crippen LogP contribution is -2.54. The second-order valence-electron chi connectivity index (χ2n) is 14.8. The van der Waals surface area contributed by atoms with Crippen molar-refractivity contribution in [2.75, 3.05) is 26.2 Å². The maximum Gasteiger partial charge on any atom is 0.193 e. The number of nitrogens with zero attached hydrogens (tertiary/aromatic N) is 1. The van der Waals surface area contributed by atoms with Crippen molar-refractivity contribution < 1.29 is 33.6 Å². The molecule has 0 heterocycles. The molecule has 0 radical (unpaired) electrons. The number of carbonyl (C=O) groups is 1. The summed E-state index contributed by atoms with van der Waals surface area (Å²) in [7, 11) is 0. The van der Waals surface area contributed by atoms with Gasteiger partial charge < -0.3 is 20.1 Å². The fraction of sp³-hybridized carbons (Fsp3) is 0.500. The second kappa shape index (κ2) is 16.8. The molecular weight excluding hydrogens is 636 g/mol. The van der Waals surface area contributed by atoms with Crippen LogP contribution in [0.3, 0.4) is 0 Å². The van der Waals surface area contributed by atoms with Gasteiger partial charge in [0.1, 0.15) is 0 Å². The van der Waals surface area contributed by atoms with Crippen LogP contribution in [0.2, 0.25) is 0 Å². The second-order valence-corrected chi connectivity index (χ2v) is 14.8. The van der Waals surface area contributed by atoms with Gasteiger partial charge in [-0.3, -0.25) is 9.69 Å². The zero-order valence-corrected chi connectivity index (χ0v) is 29.7. The molecule has 0 spiro atoms. The third kappa shape index (κ3) is 8.96. The molecule has 8 heteroatoms. The Morgan fingerprint density at radius 1 is 1.04 bits per heavy atom. The third-order valence-corrected chi connectivity index (χ3v) is 11.0. The molecule has 0 amide bonds. The van der Waals surface area contributed by atoms with Crippen molar-refractivity contribution in [2.45, 2.75) is 102 Å². The van der Waals surface area contributed by atoms with Crippen molar-refractivity contribution in [3.05, 3.63) is 118 Å². The standard InChI is InChI=1S/C42H53F2NO5/c1-4-21-45(25-34(47)27-50-26-30-10-6-5-7-11-30)28-42(49)20-18-37-35-16-13-31(22-33(46)15-12-29(2)9-8-19-41(37,42)3)23-36(35)40(48)32-14-17-38(43)39(44)24-32/h5-7,9-11,13-14,16-17,23-24,33-34,37,46-47,49H,4,8,12,15,18-22,25-28H2,1-3H3/t33-,34+,37-,41-,42+/m0/s1. The molecule has 270 valence electrons. The van der Waals surface area contributed by atoms with E-state index >= 15 is 0 Å².